The van der Waals surface area contributed by atoms with Gasteiger partial charge in [0.1, 0.15) is 11.5 Å². The van der Waals surface area contributed by atoms with Crippen LogP contribution in [-0.4, -0.2) is 44.8 Å². The lowest BCUT2D eigenvalue weighted by molar-refractivity contribution is -0.384. The highest BCUT2D eigenvalue weighted by Crippen LogP contribution is 2.29. The first kappa shape index (κ1) is 25.5. The lowest BCUT2D eigenvalue weighted by atomic mass is 9.92. The number of nitrogens with one attached hydrogen (secondary N) is 2. The Bertz CT molecular complexity index is 1300. The first-order valence-corrected chi connectivity index (χ1v) is 13.2. The molecule has 11 heteroatoms. The highest BCUT2D eigenvalue weighted by Gasteiger charge is 2.24. The quantitative estimate of drug-likeness (QED) is 0.402. The van der Waals surface area contributed by atoms with Crippen molar-refractivity contribution in [3.05, 3.63) is 69.8 Å². The zero-order valence-electron chi connectivity index (χ0n) is 19.6. The molecule has 0 atom stereocenters. The van der Waals surface area contributed by atoms with Crippen molar-refractivity contribution in [1.29, 1.82) is 0 Å². The molecule has 0 spiro atoms. The van der Waals surface area contributed by atoms with Crippen LogP contribution in [0.3, 0.4) is 0 Å². The number of sulfonamides is 1. The van der Waals surface area contributed by atoms with E-state index in [2.05, 4.69) is 5.32 Å². The lowest BCUT2D eigenvalue weighted by Gasteiger charge is -2.22. The second kappa shape index (κ2) is 11.0. The number of nitrogens with zero attached hydrogens (tertiary/aromatic N) is 1. The zero-order chi connectivity index (χ0) is 25.7. The topological polar surface area (TPSA) is 145 Å². The van der Waals surface area contributed by atoms with Crippen LogP contribution in [0.1, 0.15) is 48.0 Å². The second-order valence-electron chi connectivity index (χ2n) is 8.86. The van der Waals surface area contributed by atoms with Gasteiger partial charge in [0.05, 0.1) is 9.82 Å². The van der Waals surface area contributed by atoms with E-state index in [9.17, 15) is 28.1 Å². The van der Waals surface area contributed by atoms with Crippen LogP contribution in [-0.2, 0) is 19.6 Å². The monoisotopic (exact) mass is 513 g/mol. The number of carbonyl (C=O) groups excluding carboxylic acids is 2. The third-order valence-corrected chi connectivity index (χ3v) is 7.72. The number of rotatable bonds is 8. The molecule has 10 nitrogen and oxygen atoms in total. The number of allylic oxidation sites excluding steroid dienone is 2. The van der Waals surface area contributed by atoms with Crippen molar-refractivity contribution in [3.8, 4) is 0 Å². The average Bonchev–Trinajstić information content (AvgIpc) is 2.88. The van der Waals surface area contributed by atoms with Gasteiger partial charge in [0, 0.05) is 44.2 Å². The van der Waals surface area contributed by atoms with Crippen molar-refractivity contribution in [2.75, 3.05) is 25.1 Å². The summed E-state index contributed by atoms with van der Waals surface area (Å²) in [4.78, 5) is 34.6. The van der Waals surface area contributed by atoms with Crippen LogP contribution in [0.2, 0.25) is 0 Å². The summed E-state index contributed by atoms with van der Waals surface area (Å²) >= 11 is 0. The van der Waals surface area contributed by atoms with Gasteiger partial charge in [-0.15, -0.1) is 0 Å². The van der Waals surface area contributed by atoms with E-state index in [4.69, 9.17) is 4.74 Å². The first-order chi connectivity index (χ1) is 17.2. The maximum absolute atomic E-state index is 12.8. The molecule has 2 aromatic carbocycles. The van der Waals surface area contributed by atoms with E-state index in [-0.39, 0.29) is 27.6 Å². The van der Waals surface area contributed by atoms with Crippen LogP contribution in [0.15, 0.2) is 53.4 Å². The number of benzene rings is 2. The van der Waals surface area contributed by atoms with E-state index in [0.29, 0.717) is 44.9 Å². The van der Waals surface area contributed by atoms with Crippen LogP contribution < -0.4 is 10.0 Å². The maximum atomic E-state index is 12.8. The Balaban J connectivity index is 1.45. The Labute approximate surface area is 208 Å². The summed E-state index contributed by atoms with van der Waals surface area (Å²) in [5, 5.41) is 14.7. The SMILES string of the molecule is O=C1CC=C(c2ccc(C(=O)NS(=O)(=O)c3ccc(NCC4CCOCC4)c([N+](=O)[O-])c3)cc2)CC1. The Morgan fingerprint density at radius 1 is 1.08 bits per heavy atom. The van der Waals surface area contributed by atoms with E-state index in [1.165, 1.54) is 24.3 Å². The standard InChI is InChI=1S/C25H27N3O7S/c29-21-7-5-19(6-8-21)18-1-3-20(4-2-18)25(30)27-36(33,34)22-9-10-23(24(15-22)28(31)32)26-16-17-11-13-35-14-12-17/h1-5,9-10,15,17,26H,6-8,11-14,16H2,(H,27,30). The van der Waals surface area contributed by atoms with Crippen LogP contribution in [0, 0.1) is 16.0 Å². The van der Waals surface area contributed by atoms with Crippen LogP contribution in [0.4, 0.5) is 11.4 Å². The van der Waals surface area contributed by atoms with Gasteiger partial charge >= 0.3 is 0 Å². The molecule has 0 saturated carbocycles. The molecule has 0 unspecified atom stereocenters. The number of Topliss-reactive ketones (excluding diaryl/α,β-unsaturated/α-hetero) is 1. The minimum atomic E-state index is -4.35. The molecule has 0 aromatic heterocycles. The molecule has 190 valence electrons. The number of amides is 1. The summed E-state index contributed by atoms with van der Waals surface area (Å²) in [6.07, 6.45) is 5.03. The van der Waals surface area contributed by atoms with Crippen LogP contribution in [0.5, 0.6) is 0 Å². The average molecular weight is 514 g/mol. The fraction of sp³-hybridized carbons (Fsp3) is 0.360. The molecule has 4 rings (SSSR count). The number of carbonyl (C=O) groups is 2. The van der Waals surface area contributed by atoms with E-state index in [0.717, 1.165) is 30.0 Å². The summed E-state index contributed by atoms with van der Waals surface area (Å²) in [7, 11) is -4.35. The highest BCUT2D eigenvalue weighted by atomic mass is 32.2. The van der Waals surface area contributed by atoms with Gasteiger partial charge in [-0.25, -0.2) is 13.1 Å². The predicted molar refractivity (Wildman–Crippen MR) is 133 cm³/mol. The number of ketones is 1. The van der Waals surface area contributed by atoms with E-state index in [1.807, 2.05) is 10.8 Å². The molecule has 1 amide bonds. The van der Waals surface area contributed by atoms with Crippen molar-refractivity contribution in [3.63, 3.8) is 0 Å². The van der Waals surface area contributed by atoms with Crippen LogP contribution >= 0.6 is 0 Å². The van der Waals surface area contributed by atoms with Gasteiger partial charge in [-0.1, -0.05) is 18.2 Å². The molecule has 36 heavy (non-hydrogen) atoms. The second-order valence-corrected chi connectivity index (χ2v) is 10.5. The molecule has 0 radical (unpaired) electrons. The lowest BCUT2D eigenvalue weighted by Crippen LogP contribution is -2.30. The van der Waals surface area contributed by atoms with Crippen molar-refractivity contribution in [2.24, 2.45) is 5.92 Å². The summed E-state index contributed by atoms with van der Waals surface area (Å²) in [6.45, 7) is 1.80. The van der Waals surface area contributed by atoms with Gasteiger partial charge in [-0.05, 0) is 60.6 Å². The fourth-order valence-corrected chi connectivity index (χ4v) is 5.23. The van der Waals surface area contributed by atoms with Gasteiger partial charge < -0.3 is 10.1 Å². The maximum Gasteiger partial charge on any atom is 0.293 e. The molecule has 2 aromatic rings. The number of nitro groups is 1. The van der Waals surface area contributed by atoms with Gasteiger partial charge in [-0.2, -0.15) is 0 Å². The largest absolute Gasteiger partial charge is 0.381 e. The number of ether oxygens (including phenoxy) is 1. The summed E-state index contributed by atoms with van der Waals surface area (Å²) in [5.74, 6) is -0.355. The minimum Gasteiger partial charge on any atom is -0.381 e. The highest BCUT2D eigenvalue weighted by molar-refractivity contribution is 7.90. The van der Waals surface area contributed by atoms with Crippen LogP contribution in [0.25, 0.3) is 5.57 Å². The number of anilines is 1. The normalized spacial score (nSPS) is 16.8. The van der Waals surface area contributed by atoms with Crippen molar-refractivity contribution >= 4 is 38.7 Å². The molecule has 2 aliphatic rings. The fourth-order valence-electron chi connectivity index (χ4n) is 4.24. The molecule has 1 aliphatic heterocycles. The molecule has 1 aliphatic carbocycles. The Morgan fingerprint density at radius 3 is 2.44 bits per heavy atom. The Hall–Kier alpha value is -3.57. The van der Waals surface area contributed by atoms with E-state index >= 15 is 0 Å². The Morgan fingerprint density at radius 2 is 1.81 bits per heavy atom. The molecule has 1 heterocycles. The molecule has 0 bridgehead atoms. The smallest absolute Gasteiger partial charge is 0.293 e. The third-order valence-electron chi connectivity index (χ3n) is 6.39. The predicted octanol–water partition coefficient (Wildman–Crippen LogP) is 3.69. The summed E-state index contributed by atoms with van der Waals surface area (Å²) < 4.78 is 32.9. The number of hydrogen-bond acceptors (Lipinski definition) is 8. The van der Waals surface area contributed by atoms with Crippen molar-refractivity contribution in [2.45, 2.75) is 37.0 Å². The Kier molecular flexibility index (Phi) is 7.80. The van der Waals surface area contributed by atoms with Gasteiger partial charge in [0.25, 0.3) is 21.6 Å². The minimum absolute atomic E-state index is 0.124. The first-order valence-electron chi connectivity index (χ1n) is 11.7. The van der Waals surface area contributed by atoms with E-state index in [1.54, 1.807) is 12.1 Å². The summed E-state index contributed by atoms with van der Waals surface area (Å²) in [5.41, 5.74) is 1.82. The molecular formula is C25H27N3O7S. The van der Waals surface area contributed by atoms with Gasteiger partial charge in [0.2, 0.25) is 0 Å². The van der Waals surface area contributed by atoms with E-state index < -0.39 is 20.9 Å². The molecule has 1 saturated heterocycles. The molecular weight excluding hydrogens is 486 g/mol. The van der Waals surface area contributed by atoms with Gasteiger partial charge in [-0.3, -0.25) is 19.7 Å². The molecule has 2 N–H and O–H groups in total. The zero-order valence-corrected chi connectivity index (χ0v) is 20.4. The number of hydrogen-bond donors (Lipinski definition) is 2. The molecule has 1 fully saturated rings. The number of nitro benzene ring substituents is 1. The van der Waals surface area contributed by atoms with Gasteiger partial charge in [0.15, 0.2) is 0 Å². The third kappa shape index (κ3) is 6.16. The van der Waals surface area contributed by atoms with Crippen molar-refractivity contribution in [1.82, 2.24) is 4.72 Å². The van der Waals surface area contributed by atoms with Crippen molar-refractivity contribution < 1.29 is 27.7 Å². The summed E-state index contributed by atoms with van der Waals surface area (Å²) in [6, 6.07) is 9.93.